The summed E-state index contributed by atoms with van der Waals surface area (Å²) in [5.74, 6) is 0.704. The number of nitrogens with two attached hydrogens (primary N) is 1. The minimum absolute atomic E-state index is 0.130. The largest absolute Gasteiger partial charge is 0.377 e. The standard InChI is InChI=1S/C16H25NO/c1-3-12-5-7-13(8-6-12)11-15(17)16(18-4-2)14-9-10-14/h5-8,14-16H,3-4,9-11,17H2,1-2H3. The fraction of sp³-hybridized carbons (Fsp3) is 0.625. The van der Waals surface area contributed by atoms with E-state index in [2.05, 4.69) is 38.1 Å². The lowest BCUT2D eigenvalue weighted by Crippen LogP contribution is -2.40. The van der Waals surface area contributed by atoms with E-state index in [4.69, 9.17) is 10.5 Å². The van der Waals surface area contributed by atoms with Crippen LogP contribution in [0, 0.1) is 5.92 Å². The highest BCUT2D eigenvalue weighted by Gasteiger charge is 2.35. The predicted octanol–water partition coefficient (Wildman–Crippen LogP) is 2.93. The normalized spacial score (nSPS) is 18.6. The van der Waals surface area contributed by atoms with Crippen LogP contribution in [0.5, 0.6) is 0 Å². The summed E-state index contributed by atoms with van der Waals surface area (Å²) in [6.07, 6.45) is 4.84. The van der Waals surface area contributed by atoms with Crippen LogP contribution in [0.2, 0.25) is 0 Å². The van der Waals surface area contributed by atoms with Crippen LogP contribution in [0.3, 0.4) is 0 Å². The Bertz CT molecular complexity index is 356. The molecule has 0 aromatic heterocycles. The Morgan fingerprint density at radius 1 is 1.17 bits per heavy atom. The molecule has 2 atom stereocenters. The second-order valence-corrected chi connectivity index (χ2v) is 5.30. The molecule has 2 N–H and O–H groups in total. The topological polar surface area (TPSA) is 35.2 Å². The molecule has 1 saturated carbocycles. The summed E-state index contributed by atoms with van der Waals surface area (Å²) in [7, 11) is 0. The number of rotatable bonds is 7. The molecule has 0 saturated heterocycles. The zero-order valence-electron chi connectivity index (χ0n) is 11.6. The molecule has 0 bridgehead atoms. The van der Waals surface area contributed by atoms with Crippen LogP contribution in [-0.4, -0.2) is 18.8 Å². The van der Waals surface area contributed by atoms with E-state index < -0.39 is 0 Å². The maximum absolute atomic E-state index is 6.32. The summed E-state index contributed by atoms with van der Waals surface area (Å²) in [5.41, 5.74) is 9.03. The first-order chi connectivity index (χ1) is 8.74. The van der Waals surface area contributed by atoms with E-state index in [1.165, 1.54) is 24.0 Å². The van der Waals surface area contributed by atoms with Gasteiger partial charge >= 0.3 is 0 Å². The van der Waals surface area contributed by atoms with Gasteiger partial charge in [-0.1, -0.05) is 31.2 Å². The van der Waals surface area contributed by atoms with Crippen molar-refractivity contribution >= 4 is 0 Å². The fourth-order valence-corrected chi connectivity index (χ4v) is 2.53. The van der Waals surface area contributed by atoms with Gasteiger partial charge in [-0.05, 0) is 49.7 Å². The molecule has 1 fully saturated rings. The van der Waals surface area contributed by atoms with Crippen LogP contribution >= 0.6 is 0 Å². The summed E-state index contributed by atoms with van der Waals surface area (Å²) >= 11 is 0. The Morgan fingerprint density at radius 3 is 2.28 bits per heavy atom. The first-order valence-corrected chi connectivity index (χ1v) is 7.19. The molecule has 1 aliphatic rings. The molecule has 18 heavy (non-hydrogen) atoms. The lowest BCUT2D eigenvalue weighted by Gasteiger charge is -2.23. The third-order valence-corrected chi connectivity index (χ3v) is 3.77. The van der Waals surface area contributed by atoms with Crippen molar-refractivity contribution in [2.24, 2.45) is 11.7 Å². The molecule has 2 nitrogen and oxygen atoms in total. The lowest BCUT2D eigenvalue weighted by molar-refractivity contribution is 0.0288. The molecule has 0 radical (unpaired) electrons. The highest BCUT2D eigenvalue weighted by molar-refractivity contribution is 5.23. The van der Waals surface area contributed by atoms with Crippen LogP contribution in [0.25, 0.3) is 0 Å². The van der Waals surface area contributed by atoms with Crippen molar-refractivity contribution in [1.29, 1.82) is 0 Å². The van der Waals surface area contributed by atoms with Gasteiger partial charge in [0.25, 0.3) is 0 Å². The third kappa shape index (κ3) is 3.56. The Kier molecular flexibility index (Phi) is 4.79. The van der Waals surface area contributed by atoms with Gasteiger partial charge in [0.15, 0.2) is 0 Å². The summed E-state index contributed by atoms with van der Waals surface area (Å²) in [4.78, 5) is 0. The first kappa shape index (κ1) is 13.6. The molecule has 2 rings (SSSR count). The Morgan fingerprint density at radius 2 is 1.78 bits per heavy atom. The molecule has 0 amide bonds. The molecule has 100 valence electrons. The molecular formula is C16H25NO. The zero-order chi connectivity index (χ0) is 13.0. The molecule has 0 heterocycles. The second-order valence-electron chi connectivity index (χ2n) is 5.30. The van der Waals surface area contributed by atoms with Gasteiger partial charge in [0.2, 0.25) is 0 Å². The molecule has 1 aromatic rings. The Balaban J connectivity index is 1.93. The van der Waals surface area contributed by atoms with Gasteiger partial charge in [-0.3, -0.25) is 0 Å². The van der Waals surface area contributed by atoms with Crippen molar-refractivity contribution in [2.75, 3.05) is 6.61 Å². The predicted molar refractivity (Wildman–Crippen MR) is 75.6 cm³/mol. The smallest absolute Gasteiger partial charge is 0.0757 e. The highest BCUT2D eigenvalue weighted by Crippen LogP contribution is 2.36. The van der Waals surface area contributed by atoms with Crippen LogP contribution in [0.15, 0.2) is 24.3 Å². The SMILES string of the molecule is CCOC(C(N)Cc1ccc(CC)cc1)C1CC1. The van der Waals surface area contributed by atoms with E-state index in [1.54, 1.807) is 0 Å². The third-order valence-electron chi connectivity index (χ3n) is 3.77. The van der Waals surface area contributed by atoms with Gasteiger partial charge in [0, 0.05) is 12.6 Å². The van der Waals surface area contributed by atoms with Gasteiger partial charge in [-0.25, -0.2) is 0 Å². The van der Waals surface area contributed by atoms with Crippen molar-refractivity contribution in [2.45, 2.75) is 51.7 Å². The molecule has 2 unspecified atom stereocenters. The van der Waals surface area contributed by atoms with E-state index >= 15 is 0 Å². The molecule has 1 aromatic carbocycles. The van der Waals surface area contributed by atoms with Gasteiger partial charge in [0.05, 0.1) is 6.10 Å². The average Bonchev–Trinajstić information content (AvgIpc) is 3.21. The van der Waals surface area contributed by atoms with Crippen molar-refractivity contribution in [1.82, 2.24) is 0 Å². The second kappa shape index (κ2) is 6.35. The Hall–Kier alpha value is -0.860. The van der Waals surface area contributed by atoms with Crippen LogP contribution < -0.4 is 5.73 Å². The number of aryl methyl sites for hydroxylation is 1. The first-order valence-electron chi connectivity index (χ1n) is 7.19. The summed E-state index contributed by atoms with van der Waals surface area (Å²) in [6.45, 7) is 5.00. The maximum atomic E-state index is 6.32. The molecule has 2 heteroatoms. The van der Waals surface area contributed by atoms with Crippen LogP contribution in [-0.2, 0) is 17.6 Å². The van der Waals surface area contributed by atoms with E-state index in [0.717, 1.165) is 19.4 Å². The van der Waals surface area contributed by atoms with Gasteiger partial charge in [0.1, 0.15) is 0 Å². The minimum Gasteiger partial charge on any atom is -0.377 e. The summed E-state index contributed by atoms with van der Waals surface area (Å²) in [5, 5.41) is 0. The fourth-order valence-electron chi connectivity index (χ4n) is 2.53. The summed E-state index contributed by atoms with van der Waals surface area (Å²) in [6, 6.07) is 8.94. The van der Waals surface area contributed by atoms with Gasteiger partial charge < -0.3 is 10.5 Å². The van der Waals surface area contributed by atoms with Gasteiger partial charge in [-0.15, -0.1) is 0 Å². The van der Waals surface area contributed by atoms with E-state index in [-0.39, 0.29) is 12.1 Å². The number of hydrogen-bond acceptors (Lipinski definition) is 2. The number of hydrogen-bond donors (Lipinski definition) is 1. The number of benzene rings is 1. The van der Waals surface area contributed by atoms with Crippen LogP contribution in [0.4, 0.5) is 0 Å². The molecule has 0 aliphatic heterocycles. The van der Waals surface area contributed by atoms with Crippen molar-refractivity contribution in [3.05, 3.63) is 35.4 Å². The molecule has 0 spiro atoms. The van der Waals surface area contributed by atoms with E-state index in [1.807, 2.05) is 0 Å². The highest BCUT2D eigenvalue weighted by atomic mass is 16.5. The van der Waals surface area contributed by atoms with Gasteiger partial charge in [-0.2, -0.15) is 0 Å². The average molecular weight is 247 g/mol. The number of ether oxygens (including phenoxy) is 1. The van der Waals surface area contributed by atoms with E-state index in [0.29, 0.717) is 5.92 Å². The quantitative estimate of drug-likeness (QED) is 0.804. The summed E-state index contributed by atoms with van der Waals surface area (Å²) < 4.78 is 5.82. The minimum atomic E-state index is 0.130. The molecular weight excluding hydrogens is 222 g/mol. The van der Waals surface area contributed by atoms with E-state index in [9.17, 15) is 0 Å². The Labute approximate surface area is 111 Å². The lowest BCUT2D eigenvalue weighted by atomic mass is 9.98. The zero-order valence-corrected chi connectivity index (χ0v) is 11.6. The van der Waals surface area contributed by atoms with Crippen LogP contribution in [0.1, 0.15) is 37.8 Å². The molecule has 1 aliphatic carbocycles. The monoisotopic (exact) mass is 247 g/mol. The maximum Gasteiger partial charge on any atom is 0.0757 e. The van der Waals surface area contributed by atoms with Crippen molar-refractivity contribution < 1.29 is 4.74 Å². The van der Waals surface area contributed by atoms with Crippen molar-refractivity contribution in [3.63, 3.8) is 0 Å². The van der Waals surface area contributed by atoms with Crippen molar-refractivity contribution in [3.8, 4) is 0 Å².